The van der Waals surface area contributed by atoms with Gasteiger partial charge in [0.05, 0.1) is 5.69 Å². The number of hydrogen-bond donors (Lipinski definition) is 1. The summed E-state index contributed by atoms with van der Waals surface area (Å²) in [7, 11) is 0. The second-order valence-electron chi connectivity index (χ2n) is 4.55. The Balaban J connectivity index is 2.04. The number of carbonyl (C=O) groups is 2. The van der Waals surface area contributed by atoms with E-state index in [1.807, 2.05) is 0 Å². The normalized spacial score (nSPS) is 16.9. The Kier molecular flexibility index (Phi) is 4.10. The van der Waals surface area contributed by atoms with Crippen LogP contribution in [-0.2, 0) is 9.59 Å². The Labute approximate surface area is 143 Å². The van der Waals surface area contributed by atoms with Crippen LogP contribution in [-0.4, -0.2) is 16.9 Å². The Morgan fingerprint density at radius 3 is 2.61 bits per heavy atom. The van der Waals surface area contributed by atoms with Crippen LogP contribution >= 0.6 is 28.1 Å². The fourth-order valence-corrected chi connectivity index (χ4v) is 2.65. The number of furan rings is 1. The SMILES string of the molecule is O=C1NC(=S)N(c2ccccc2F)C(=O)/C1=C/c1ccc(Br)o1. The topological polar surface area (TPSA) is 62.6 Å². The van der Waals surface area contributed by atoms with Gasteiger partial charge in [0, 0.05) is 0 Å². The molecule has 1 aliphatic heterocycles. The van der Waals surface area contributed by atoms with Crippen LogP contribution in [0.1, 0.15) is 5.76 Å². The summed E-state index contributed by atoms with van der Waals surface area (Å²) >= 11 is 8.13. The van der Waals surface area contributed by atoms with Crippen molar-refractivity contribution in [2.45, 2.75) is 0 Å². The standard InChI is InChI=1S/C15H8BrFN2O3S/c16-12-6-5-8(22-12)7-9-13(20)18-15(23)19(14(9)21)11-4-2-1-3-10(11)17/h1-7H,(H,18,20,23)/b9-7+. The third-order valence-electron chi connectivity index (χ3n) is 3.08. The van der Waals surface area contributed by atoms with E-state index in [1.165, 1.54) is 24.3 Å². The number of halogens is 2. The maximum Gasteiger partial charge on any atom is 0.270 e. The summed E-state index contributed by atoms with van der Waals surface area (Å²) in [5.74, 6) is -1.72. The molecule has 23 heavy (non-hydrogen) atoms. The summed E-state index contributed by atoms with van der Waals surface area (Å²) in [4.78, 5) is 25.6. The van der Waals surface area contributed by atoms with Gasteiger partial charge in [0.2, 0.25) is 0 Å². The van der Waals surface area contributed by atoms with E-state index in [-0.39, 0.29) is 16.4 Å². The van der Waals surface area contributed by atoms with E-state index in [9.17, 15) is 14.0 Å². The summed E-state index contributed by atoms with van der Waals surface area (Å²) in [5.41, 5.74) is -0.238. The van der Waals surface area contributed by atoms with Crippen molar-refractivity contribution < 1.29 is 18.4 Å². The zero-order valence-electron chi connectivity index (χ0n) is 11.4. The van der Waals surface area contributed by atoms with Crippen LogP contribution in [0.5, 0.6) is 0 Å². The molecule has 5 nitrogen and oxygen atoms in total. The Morgan fingerprint density at radius 2 is 1.96 bits per heavy atom. The molecule has 2 aromatic rings. The van der Waals surface area contributed by atoms with Gasteiger partial charge in [-0.3, -0.25) is 14.9 Å². The third kappa shape index (κ3) is 2.95. The number of rotatable bonds is 2. The average molecular weight is 395 g/mol. The first-order valence-corrected chi connectivity index (χ1v) is 7.59. The predicted octanol–water partition coefficient (Wildman–Crippen LogP) is 3.01. The molecule has 0 spiro atoms. The van der Waals surface area contributed by atoms with Crippen molar-refractivity contribution in [3.63, 3.8) is 0 Å². The predicted molar refractivity (Wildman–Crippen MR) is 89.0 cm³/mol. The van der Waals surface area contributed by atoms with Crippen LogP contribution in [0.2, 0.25) is 0 Å². The van der Waals surface area contributed by atoms with E-state index in [0.717, 1.165) is 4.90 Å². The zero-order chi connectivity index (χ0) is 16.6. The van der Waals surface area contributed by atoms with Crippen LogP contribution in [0, 0.1) is 5.82 Å². The second kappa shape index (κ2) is 6.05. The molecule has 1 saturated heterocycles. The molecule has 0 radical (unpaired) electrons. The molecule has 0 aliphatic carbocycles. The van der Waals surface area contributed by atoms with Crippen LogP contribution in [0.4, 0.5) is 10.1 Å². The van der Waals surface area contributed by atoms with E-state index in [4.69, 9.17) is 16.6 Å². The molecule has 116 valence electrons. The Morgan fingerprint density at radius 1 is 1.22 bits per heavy atom. The van der Waals surface area contributed by atoms with Gasteiger partial charge in [-0.15, -0.1) is 0 Å². The lowest BCUT2D eigenvalue weighted by Gasteiger charge is -2.28. The van der Waals surface area contributed by atoms with Gasteiger partial charge in [-0.25, -0.2) is 9.29 Å². The fraction of sp³-hybridized carbons (Fsp3) is 0. The van der Waals surface area contributed by atoms with Gasteiger partial charge in [0.1, 0.15) is 17.2 Å². The zero-order valence-corrected chi connectivity index (χ0v) is 13.8. The maximum atomic E-state index is 14.0. The van der Waals surface area contributed by atoms with Crippen molar-refractivity contribution in [3.8, 4) is 0 Å². The molecular formula is C15H8BrFN2O3S. The van der Waals surface area contributed by atoms with Gasteiger partial charge in [-0.2, -0.15) is 0 Å². The van der Waals surface area contributed by atoms with Gasteiger partial charge in [0.15, 0.2) is 9.78 Å². The molecule has 1 aliphatic rings. The van der Waals surface area contributed by atoms with Gasteiger partial charge >= 0.3 is 0 Å². The minimum absolute atomic E-state index is 0.0333. The highest BCUT2D eigenvalue weighted by atomic mass is 79.9. The molecule has 0 bridgehead atoms. The summed E-state index contributed by atoms with van der Waals surface area (Å²) in [5, 5.41) is 2.19. The smallest absolute Gasteiger partial charge is 0.270 e. The molecule has 0 atom stereocenters. The number of nitrogens with one attached hydrogen (secondary N) is 1. The number of para-hydroxylation sites is 1. The maximum absolute atomic E-state index is 14.0. The highest BCUT2D eigenvalue weighted by Crippen LogP contribution is 2.25. The number of nitrogens with zero attached hydrogens (tertiary/aromatic N) is 1. The quantitative estimate of drug-likeness (QED) is 0.483. The van der Waals surface area contributed by atoms with E-state index < -0.39 is 17.6 Å². The summed E-state index contributed by atoms with van der Waals surface area (Å²) in [6.07, 6.45) is 1.28. The van der Waals surface area contributed by atoms with Gasteiger partial charge in [-0.1, -0.05) is 12.1 Å². The summed E-state index contributed by atoms with van der Waals surface area (Å²) in [6.45, 7) is 0. The Hall–Kier alpha value is -2.32. The number of hydrogen-bond acceptors (Lipinski definition) is 4. The number of amides is 2. The van der Waals surface area contributed by atoms with Crippen LogP contribution in [0.15, 0.2) is 51.1 Å². The van der Waals surface area contributed by atoms with Crippen LogP contribution in [0.25, 0.3) is 6.08 Å². The van der Waals surface area contributed by atoms with Crippen molar-refractivity contribution in [1.82, 2.24) is 5.32 Å². The van der Waals surface area contributed by atoms with E-state index in [1.54, 1.807) is 18.2 Å². The van der Waals surface area contributed by atoms with Crippen LogP contribution in [0.3, 0.4) is 0 Å². The van der Waals surface area contributed by atoms with Gasteiger partial charge in [0.25, 0.3) is 11.8 Å². The average Bonchev–Trinajstić information content (AvgIpc) is 2.91. The number of carbonyl (C=O) groups excluding carboxylic acids is 2. The molecule has 2 heterocycles. The van der Waals surface area contributed by atoms with Crippen LogP contribution < -0.4 is 10.2 Å². The first-order valence-electron chi connectivity index (χ1n) is 6.38. The monoisotopic (exact) mass is 394 g/mol. The van der Waals surface area contributed by atoms with Crippen molar-refractivity contribution in [3.05, 3.63) is 58.2 Å². The molecule has 1 N–H and O–H groups in total. The number of benzene rings is 1. The molecule has 0 unspecified atom stereocenters. The van der Waals surface area contributed by atoms with Crippen molar-refractivity contribution in [2.24, 2.45) is 0 Å². The lowest BCUT2D eigenvalue weighted by Crippen LogP contribution is -2.54. The van der Waals surface area contributed by atoms with E-state index in [2.05, 4.69) is 21.2 Å². The van der Waals surface area contributed by atoms with E-state index in [0.29, 0.717) is 10.4 Å². The lowest BCUT2D eigenvalue weighted by molar-refractivity contribution is -0.122. The largest absolute Gasteiger partial charge is 0.450 e. The molecule has 1 aromatic heterocycles. The minimum Gasteiger partial charge on any atom is -0.450 e. The number of thiocarbonyl (C=S) groups is 1. The minimum atomic E-state index is -0.726. The van der Waals surface area contributed by atoms with Crippen molar-refractivity contribution in [1.29, 1.82) is 0 Å². The first kappa shape index (κ1) is 15.6. The molecule has 1 fully saturated rings. The van der Waals surface area contributed by atoms with Gasteiger partial charge in [-0.05, 0) is 58.5 Å². The molecule has 1 aromatic carbocycles. The number of anilines is 1. The molecule has 2 amide bonds. The molecule has 0 saturated carbocycles. The molecule has 8 heteroatoms. The highest BCUT2D eigenvalue weighted by molar-refractivity contribution is 9.10. The summed E-state index contributed by atoms with van der Waals surface area (Å²) in [6, 6.07) is 8.87. The molecule has 3 rings (SSSR count). The molecular weight excluding hydrogens is 387 g/mol. The highest BCUT2D eigenvalue weighted by Gasteiger charge is 2.35. The Bertz CT molecular complexity index is 862. The lowest BCUT2D eigenvalue weighted by atomic mass is 10.1. The van der Waals surface area contributed by atoms with E-state index >= 15 is 0 Å². The fourth-order valence-electron chi connectivity index (χ4n) is 2.06. The first-order chi connectivity index (χ1) is 11.0. The third-order valence-corrected chi connectivity index (χ3v) is 3.79. The van der Waals surface area contributed by atoms with Crippen molar-refractivity contribution >= 4 is 56.8 Å². The van der Waals surface area contributed by atoms with Crippen molar-refractivity contribution in [2.75, 3.05) is 4.90 Å². The van der Waals surface area contributed by atoms with Gasteiger partial charge < -0.3 is 4.42 Å². The summed E-state index contributed by atoms with van der Waals surface area (Å²) < 4.78 is 19.7. The second-order valence-corrected chi connectivity index (χ2v) is 5.72.